The lowest BCUT2D eigenvalue weighted by atomic mass is 10.2. The molecule has 2 N–H and O–H groups in total. The van der Waals surface area contributed by atoms with Gasteiger partial charge in [0.05, 0.1) is 10.6 Å². The van der Waals surface area contributed by atoms with Crippen LogP contribution in [0.2, 0.25) is 0 Å². The molecule has 0 unspecified atom stereocenters. The summed E-state index contributed by atoms with van der Waals surface area (Å²) in [4.78, 5) is 17.8. The van der Waals surface area contributed by atoms with Gasteiger partial charge in [-0.25, -0.2) is 13.1 Å². The Balaban J connectivity index is 1.25. The summed E-state index contributed by atoms with van der Waals surface area (Å²) in [5, 5.41) is 2.99. The maximum atomic E-state index is 12.7. The third-order valence-electron chi connectivity index (χ3n) is 5.77. The molecule has 1 amide bonds. The van der Waals surface area contributed by atoms with E-state index in [9.17, 15) is 13.2 Å². The zero-order valence-electron chi connectivity index (χ0n) is 18.3. The normalized spacial score (nSPS) is 19.8. The maximum absolute atomic E-state index is 12.7. The average Bonchev–Trinajstić information content (AvgIpc) is 2.93. The highest BCUT2D eigenvalue weighted by Gasteiger charge is 2.22. The second kappa shape index (κ2) is 10.2. The van der Waals surface area contributed by atoms with Crippen molar-refractivity contribution in [2.75, 3.05) is 49.5 Å². The summed E-state index contributed by atoms with van der Waals surface area (Å²) in [7, 11) is -3.62. The standard InChI is InChI=1S/C23H30N4O3S2/c1-18-16-23(28)25-21-17-20(8-9-22(21)31-18)32(29,30)24-10-5-11-26-12-14-27(15-13-26)19-6-3-2-4-7-19/h2-4,6-9,17-18,24H,5,10-16H2,1H3,(H,25,28)/t18-/m1/s1. The molecule has 0 aromatic heterocycles. The van der Waals surface area contributed by atoms with E-state index in [-0.39, 0.29) is 16.1 Å². The van der Waals surface area contributed by atoms with Crippen molar-refractivity contribution >= 4 is 39.1 Å². The molecule has 0 bridgehead atoms. The van der Waals surface area contributed by atoms with Gasteiger partial charge in [0.1, 0.15) is 0 Å². The van der Waals surface area contributed by atoms with Gasteiger partial charge in [0, 0.05) is 55.0 Å². The van der Waals surface area contributed by atoms with E-state index in [1.54, 1.807) is 30.0 Å². The number of anilines is 2. The molecule has 0 spiro atoms. The molecule has 32 heavy (non-hydrogen) atoms. The van der Waals surface area contributed by atoms with Crippen LogP contribution in [0.15, 0.2) is 58.3 Å². The summed E-state index contributed by atoms with van der Waals surface area (Å²) in [6.07, 6.45) is 1.17. The summed E-state index contributed by atoms with van der Waals surface area (Å²) in [5.41, 5.74) is 1.83. The van der Waals surface area contributed by atoms with Crippen LogP contribution in [-0.4, -0.2) is 63.7 Å². The highest BCUT2D eigenvalue weighted by atomic mass is 32.2. The van der Waals surface area contributed by atoms with Crippen LogP contribution < -0.4 is 14.9 Å². The Bertz CT molecular complexity index is 1040. The lowest BCUT2D eigenvalue weighted by molar-refractivity contribution is -0.116. The van der Waals surface area contributed by atoms with Crippen LogP contribution in [0.25, 0.3) is 0 Å². The van der Waals surface area contributed by atoms with Gasteiger partial charge in [0.25, 0.3) is 0 Å². The highest BCUT2D eigenvalue weighted by Crippen LogP contribution is 2.36. The quantitative estimate of drug-likeness (QED) is 0.601. The van der Waals surface area contributed by atoms with Crippen molar-refractivity contribution in [3.8, 4) is 0 Å². The highest BCUT2D eigenvalue weighted by molar-refractivity contribution is 8.00. The number of para-hydroxylation sites is 1. The number of carbonyl (C=O) groups is 1. The fraction of sp³-hybridized carbons (Fsp3) is 0.435. The number of fused-ring (bicyclic) bond motifs is 1. The summed E-state index contributed by atoms with van der Waals surface area (Å²) in [6, 6.07) is 15.4. The van der Waals surface area contributed by atoms with Crippen LogP contribution in [0.5, 0.6) is 0 Å². The molecule has 2 aromatic carbocycles. The molecule has 1 saturated heterocycles. The van der Waals surface area contributed by atoms with Crippen LogP contribution in [0.3, 0.4) is 0 Å². The smallest absolute Gasteiger partial charge is 0.240 e. The Labute approximate surface area is 194 Å². The first-order chi connectivity index (χ1) is 15.4. The first kappa shape index (κ1) is 23.1. The van der Waals surface area contributed by atoms with Crippen molar-refractivity contribution in [2.45, 2.75) is 34.8 Å². The van der Waals surface area contributed by atoms with Crippen LogP contribution in [-0.2, 0) is 14.8 Å². The van der Waals surface area contributed by atoms with Crippen LogP contribution in [0, 0.1) is 0 Å². The van der Waals surface area contributed by atoms with Crippen molar-refractivity contribution in [3.05, 3.63) is 48.5 Å². The zero-order chi connectivity index (χ0) is 22.6. The van der Waals surface area contributed by atoms with Gasteiger partial charge in [0.2, 0.25) is 15.9 Å². The zero-order valence-corrected chi connectivity index (χ0v) is 19.9. The largest absolute Gasteiger partial charge is 0.369 e. The van der Waals surface area contributed by atoms with Crippen LogP contribution >= 0.6 is 11.8 Å². The number of hydrogen-bond donors (Lipinski definition) is 2. The van der Waals surface area contributed by atoms with Gasteiger partial charge in [-0.2, -0.15) is 0 Å². The number of benzene rings is 2. The van der Waals surface area contributed by atoms with Gasteiger partial charge in [-0.15, -0.1) is 11.8 Å². The Morgan fingerprint density at radius 3 is 2.59 bits per heavy atom. The Morgan fingerprint density at radius 1 is 1.09 bits per heavy atom. The van der Waals surface area contributed by atoms with Crippen molar-refractivity contribution in [1.82, 2.24) is 9.62 Å². The number of hydrogen-bond acceptors (Lipinski definition) is 6. The van der Waals surface area contributed by atoms with E-state index in [4.69, 9.17) is 0 Å². The number of piperazine rings is 1. The lowest BCUT2D eigenvalue weighted by Gasteiger charge is -2.36. The Kier molecular flexibility index (Phi) is 7.40. The Hall–Kier alpha value is -2.07. The molecule has 1 atom stereocenters. The number of thioether (sulfide) groups is 1. The van der Waals surface area contributed by atoms with Gasteiger partial charge in [-0.05, 0) is 43.3 Å². The average molecular weight is 475 g/mol. The number of rotatable bonds is 7. The minimum absolute atomic E-state index is 0.0846. The number of amides is 1. The minimum Gasteiger partial charge on any atom is -0.369 e. The molecular weight excluding hydrogens is 444 g/mol. The molecule has 2 aromatic rings. The van der Waals surface area contributed by atoms with Crippen molar-refractivity contribution < 1.29 is 13.2 Å². The van der Waals surface area contributed by atoms with Crippen molar-refractivity contribution in [2.24, 2.45) is 0 Å². The fourth-order valence-electron chi connectivity index (χ4n) is 4.06. The van der Waals surface area contributed by atoms with E-state index in [0.29, 0.717) is 18.7 Å². The van der Waals surface area contributed by atoms with Crippen molar-refractivity contribution in [3.63, 3.8) is 0 Å². The van der Waals surface area contributed by atoms with Crippen LogP contribution in [0.1, 0.15) is 19.8 Å². The minimum atomic E-state index is -3.62. The molecule has 2 aliphatic rings. The van der Waals surface area contributed by atoms with Gasteiger partial charge in [-0.3, -0.25) is 9.69 Å². The molecule has 2 aliphatic heterocycles. The molecule has 7 nitrogen and oxygen atoms in total. The van der Waals surface area contributed by atoms with Gasteiger partial charge < -0.3 is 10.2 Å². The van der Waals surface area contributed by atoms with E-state index >= 15 is 0 Å². The SMILES string of the molecule is C[C@@H]1CC(=O)Nc2cc(S(=O)(=O)NCCCN3CCN(c4ccccc4)CC3)ccc2S1. The summed E-state index contributed by atoms with van der Waals surface area (Å²) in [5.74, 6) is -0.0846. The van der Waals surface area contributed by atoms with E-state index in [0.717, 1.165) is 44.0 Å². The molecule has 1 fully saturated rings. The number of nitrogens with one attached hydrogen (secondary N) is 2. The second-order valence-electron chi connectivity index (χ2n) is 8.25. The molecule has 0 aliphatic carbocycles. The fourth-order valence-corrected chi connectivity index (χ4v) is 6.21. The Morgan fingerprint density at radius 2 is 1.84 bits per heavy atom. The second-order valence-corrected chi connectivity index (χ2v) is 11.5. The topological polar surface area (TPSA) is 81.7 Å². The lowest BCUT2D eigenvalue weighted by Crippen LogP contribution is -2.47. The molecule has 4 rings (SSSR count). The summed E-state index contributed by atoms with van der Waals surface area (Å²) in [6.45, 7) is 7.15. The monoisotopic (exact) mass is 474 g/mol. The molecular formula is C23H30N4O3S2. The van der Waals surface area contributed by atoms with Gasteiger partial charge in [-0.1, -0.05) is 25.1 Å². The third-order valence-corrected chi connectivity index (χ3v) is 8.41. The molecule has 9 heteroatoms. The van der Waals surface area contributed by atoms with Gasteiger partial charge >= 0.3 is 0 Å². The van der Waals surface area contributed by atoms with Gasteiger partial charge in [0.15, 0.2) is 0 Å². The number of nitrogens with zero attached hydrogens (tertiary/aromatic N) is 2. The van der Waals surface area contributed by atoms with E-state index < -0.39 is 10.0 Å². The maximum Gasteiger partial charge on any atom is 0.240 e. The molecule has 172 valence electrons. The van der Waals surface area contributed by atoms with Crippen LogP contribution in [0.4, 0.5) is 11.4 Å². The molecule has 2 heterocycles. The van der Waals surface area contributed by atoms with E-state index in [2.05, 4.69) is 44.1 Å². The first-order valence-electron chi connectivity index (χ1n) is 11.0. The third kappa shape index (κ3) is 5.83. The number of sulfonamides is 1. The van der Waals surface area contributed by atoms with E-state index in [1.807, 2.05) is 13.0 Å². The predicted molar refractivity (Wildman–Crippen MR) is 130 cm³/mol. The molecule has 0 saturated carbocycles. The summed E-state index contributed by atoms with van der Waals surface area (Å²) < 4.78 is 28.2. The van der Waals surface area contributed by atoms with Crippen molar-refractivity contribution in [1.29, 1.82) is 0 Å². The predicted octanol–water partition coefficient (Wildman–Crippen LogP) is 3.00. The molecule has 0 radical (unpaired) electrons. The summed E-state index contributed by atoms with van der Waals surface area (Å²) >= 11 is 1.58. The van der Waals surface area contributed by atoms with E-state index in [1.165, 1.54) is 5.69 Å². The first-order valence-corrected chi connectivity index (χ1v) is 13.4. The number of carbonyl (C=O) groups excluding carboxylic acids is 1.